The Morgan fingerprint density at radius 1 is 0.917 bits per heavy atom. The molecule has 1 atom stereocenters. The van der Waals surface area contributed by atoms with Crippen LogP contribution in [-0.2, 0) is 28.3 Å². The highest BCUT2D eigenvalue weighted by atomic mass is 35.5. The van der Waals surface area contributed by atoms with Crippen molar-refractivity contribution in [1.29, 1.82) is 0 Å². The lowest BCUT2D eigenvalue weighted by molar-refractivity contribution is -0.141. The molecule has 4 nitrogen and oxygen atoms in total. The summed E-state index contributed by atoms with van der Waals surface area (Å²) < 4.78 is 0. The molecule has 0 bridgehead atoms. The minimum Gasteiger partial charge on any atom is -0.352 e. The summed E-state index contributed by atoms with van der Waals surface area (Å²) >= 11 is 14.3. The molecule has 0 radical (unpaired) electrons. The number of nitrogens with one attached hydrogen (secondary N) is 1. The van der Waals surface area contributed by atoms with Gasteiger partial charge in [-0.1, -0.05) is 89.9 Å². The first-order valence-electron chi connectivity index (χ1n) is 12.0. The molecule has 0 heterocycles. The highest BCUT2D eigenvalue weighted by Gasteiger charge is 2.31. The van der Waals surface area contributed by atoms with Gasteiger partial charge in [-0.25, -0.2) is 0 Å². The second kappa shape index (κ2) is 14.3. The summed E-state index contributed by atoms with van der Waals surface area (Å²) in [5, 5.41) is 4.00. The average Bonchev–Trinajstić information content (AvgIpc) is 2.86. The average molecular weight is 544 g/mol. The smallest absolute Gasteiger partial charge is 0.243 e. The van der Waals surface area contributed by atoms with Gasteiger partial charge in [0.2, 0.25) is 11.8 Å². The van der Waals surface area contributed by atoms with Gasteiger partial charge in [0.25, 0.3) is 0 Å². The Kier molecular flexibility index (Phi) is 11.2. The van der Waals surface area contributed by atoms with Gasteiger partial charge in [0.1, 0.15) is 6.04 Å². The summed E-state index contributed by atoms with van der Waals surface area (Å²) in [6.45, 7) is 4.06. The molecule has 0 saturated heterocycles. The fourth-order valence-electron chi connectivity index (χ4n) is 3.84. The third-order valence-electron chi connectivity index (χ3n) is 5.63. The monoisotopic (exact) mass is 542 g/mol. The number of halogens is 2. The van der Waals surface area contributed by atoms with Crippen LogP contribution in [0.25, 0.3) is 0 Å². The molecule has 3 aromatic carbocycles. The van der Waals surface area contributed by atoms with E-state index in [0.717, 1.165) is 16.9 Å². The number of amides is 2. The number of carbonyl (C=O) groups excluding carboxylic acids is 2. The van der Waals surface area contributed by atoms with E-state index in [0.29, 0.717) is 28.6 Å². The van der Waals surface area contributed by atoms with Gasteiger partial charge in [0, 0.05) is 47.0 Å². The van der Waals surface area contributed by atoms with Crippen molar-refractivity contribution >= 4 is 46.8 Å². The van der Waals surface area contributed by atoms with Crippen LogP contribution < -0.4 is 5.32 Å². The summed E-state index contributed by atoms with van der Waals surface area (Å²) in [5.74, 6) is 1.23. The molecule has 3 rings (SSSR count). The molecule has 1 N–H and O–H groups in total. The molecule has 7 heteroatoms. The Morgan fingerprint density at radius 3 is 2.17 bits per heavy atom. The Morgan fingerprint density at radius 2 is 1.56 bits per heavy atom. The first-order valence-corrected chi connectivity index (χ1v) is 13.9. The minimum atomic E-state index is -0.673. The van der Waals surface area contributed by atoms with E-state index >= 15 is 0 Å². The van der Waals surface area contributed by atoms with Gasteiger partial charge in [-0.05, 0) is 42.7 Å². The van der Waals surface area contributed by atoms with Crippen molar-refractivity contribution in [3.63, 3.8) is 0 Å². The molecular weight excluding hydrogens is 511 g/mol. The molecule has 0 aromatic heterocycles. The van der Waals surface area contributed by atoms with Crippen molar-refractivity contribution < 1.29 is 9.59 Å². The SMILES string of the molecule is CC(C)NC(=O)[C@H](Cc1ccccc1)N(Cc1ccc(Cl)cc1Cl)C(=O)CCSCc1ccccc1. The Balaban J connectivity index is 1.82. The third kappa shape index (κ3) is 8.88. The summed E-state index contributed by atoms with van der Waals surface area (Å²) in [6.07, 6.45) is 0.733. The molecule has 190 valence electrons. The maximum atomic E-state index is 13.6. The number of hydrogen-bond acceptors (Lipinski definition) is 3. The van der Waals surface area contributed by atoms with Crippen molar-refractivity contribution in [2.45, 2.75) is 51.1 Å². The first-order chi connectivity index (χ1) is 17.3. The number of rotatable bonds is 12. The zero-order chi connectivity index (χ0) is 25.9. The van der Waals surface area contributed by atoms with Gasteiger partial charge >= 0.3 is 0 Å². The summed E-state index contributed by atoms with van der Waals surface area (Å²) in [6, 6.07) is 24.5. The van der Waals surface area contributed by atoms with Crippen LogP contribution in [-0.4, -0.2) is 34.6 Å². The largest absolute Gasteiger partial charge is 0.352 e. The minimum absolute atomic E-state index is 0.0479. The van der Waals surface area contributed by atoms with Crippen LogP contribution in [0.5, 0.6) is 0 Å². The van der Waals surface area contributed by atoms with Crippen LogP contribution in [0.4, 0.5) is 0 Å². The molecule has 0 spiro atoms. The van der Waals surface area contributed by atoms with E-state index < -0.39 is 6.04 Å². The van der Waals surface area contributed by atoms with Crippen LogP contribution in [0, 0.1) is 0 Å². The van der Waals surface area contributed by atoms with Crippen molar-refractivity contribution in [3.8, 4) is 0 Å². The second-order valence-corrected chi connectivity index (χ2v) is 10.9. The summed E-state index contributed by atoms with van der Waals surface area (Å²) in [7, 11) is 0. The molecule has 0 aliphatic heterocycles. The number of hydrogen-bond donors (Lipinski definition) is 1. The van der Waals surface area contributed by atoms with Gasteiger partial charge in [0.15, 0.2) is 0 Å². The van der Waals surface area contributed by atoms with E-state index in [-0.39, 0.29) is 24.4 Å². The third-order valence-corrected chi connectivity index (χ3v) is 7.25. The zero-order valence-corrected chi connectivity index (χ0v) is 23.0. The van der Waals surface area contributed by atoms with Crippen LogP contribution in [0.15, 0.2) is 78.9 Å². The normalized spacial score (nSPS) is 11.8. The fraction of sp³-hybridized carbons (Fsp3) is 0.310. The zero-order valence-electron chi connectivity index (χ0n) is 20.6. The molecular formula is C29H32Cl2N2O2S. The number of carbonyl (C=O) groups is 2. The van der Waals surface area contributed by atoms with Crippen molar-refractivity contribution in [1.82, 2.24) is 10.2 Å². The molecule has 0 fully saturated rings. The lowest BCUT2D eigenvalue weighted by Gasteiger charge is -2.32. The highest BCUT2D eigenvalue weighted by Crippen LogP contribution is 2.25. The van der Waals surface area contributed by atoms with Gasteiger partial charge in [-0.2, -0.15) is 11.8 Å². The lowest BCUT2D eigenvalue weighted by Crippen LogP contribution is -2.51. The van der Waals surface area contributed by atoms with E-state index in [1.54, 1.807) is 28.8 Å². The quantitative estimate of drug-likeness (QED) is 0.256. The van der Waals surface area contributed by atoms with Crippen LogP contribution >= 0.6 is 35.0 Å². The molecule has 3 aromatic rings. The van der Waals surface area contributed by atoms with E-state index in [2.05, 4.69) is 17.4 Å². The van der Waals surface area contributed by atoms with E-state index in [4.69, 9.17) is 23.2 Å². The van der Waals surface area contributed by atoms with E-state index in [1.807, 2.05) is 68.4 Å². The maximum absolute atomic E-state index is 13.6. The lowest BCUT2D eigenvalue weighted by atomic mass is 10.0. The van der Waals surface area contributed by atoms with Gasteiger partial charge in [-0.15, -0.1) is 0 Å². The van der Waals surface area contributed by atoms with Crippen LogP contribution in [0.1, 0.15) is 37.0 Å². The second-order valence-electron chi connectivity index (χ2n) is 8.91. The molecule has 2 amide bonds. The molecule has 0 saturated carbocycles. The van der Waals surface area contributed by atoms with Crippen molar-refractivity contribution in [2.24, 2.45) is 0 Å². The number of nitrogens with zero attached hydrogens (tertiary/aromatic N) is 1. The topological polar surface area (TPSA) is 49.4 Å². The maximum Gasteiger partial charge on any atom is 0.243 e. The molecule has 0 aliphatic rings. The molecule has 0 aliphatic carbocycles. The number of benzene rings is 3. The predicted molar refractivity (Wildman–Crippen MR) is 151 cm³/mol. The molecule has 0 unspecified atom stereocenters. The van der Waals surface area contributed by atoms with E-state index in [1.165, 1.54) is 5.56 Å². The Labute approximate surface area is 228 Å². The summed E-state index contributed by atoms with van der Waals surface area (Å²) in [5.41, 5.74) is 2.96. The standard InChI is InChI=1S/C29H32Cl2N2O2S/c1-21(2)32-29(35)27(17-22-9-5-3-6-10-22)33(19-24-13-14-25(30)18-26(24)31)28(34)15-16-36-20-23-11-7-4-8-12-23/h3-14,18,21,27H,15-17,19-20H2,1-2H3,(H,32,35)/t27-/m0/s1. The highest BCUT2D eigenvalue weighted by molar-refractivity contribution is 7.98. The Hall–Kier alpha value is -2.47. The molecule has 36 heavy (non-hydrogen) atoms. The predicted octanol–water partition coefficient (Wildman–Crippen LogP) is 6.78. The van der Waals surface area contributed by atoms with Gasteiger partial charge in [-0.3, -0.25) is 9.59 Å². The van der Waals surface area contributed by atoms with Gasteiger partial charge < -0.3 is 10.2 Å². The fourth-order valence-corrected chi connectivity index (χ4v) is 5.20. The van der Waals surface area contributed by atoms with Gasteiger partial charge in [0.05, 0.1) is 0 Å². The summed E-state index contributed by atoms with van der Waals surface area (Å²) in [4.78, 5) is 28.7. The van der Waals surface area contributed by atoms with Crippen LogP contribution in [0.3, 0.4) is 0 Å². The number of thioether (sulfide) groups is 1. The van der Waals surface area contributed by atoms with Crippen LogP contribution in [0.2, 0.25) is 10.0 Å². The van der Waals surface area contributed by atoms with Crippen molar-refractivity contribution in [3.05, 3.63) is 106 Å². The van der Waals surface area contributed by atoms with E-state index in [9.17, 15) is 9.59 Å². The Bertz CT molecular complexity index is 1130. The first kappa shape index (κ1) is 28.1. The van der Waals surface area contributed by atoms with Crippen molar-refractivity contribution in [2.75, 3.05) is 5.75 Å².